The van der Waals surface area contributed by atoms with Crippen molar-refractivity contribution in [3.63, 3.8) is 0 Å². The topological polar surface area (TPSA) is 112 Å². The van der Waals surface area contributed by atoms with Crippen LogP contribution in [0.1, 0.15) is 32.0 Å². The lowest BCUT2D eigenvalue weighted by atomic mass is 10.2. The number of aryl methyl sites for hydroxylation is 1. The molecule has 0 unspecified atom stereocenters. The van der Waals surface area contributed by atoms with Gasteiger partial charge in [-0.1, -0.05) is 46.3 Å². The van der Waals surface area contributed by atoms with Crippen molar-refractivity contribution < 1.29 is 23.8 Å². The number of carbonyl (C=O) groups excluding carboxylic acids is 2. The SMILES string of the molecule is COc1ccc(C(=O)Oc2ccc(Br)cc2/C=N/NC(=O)c2cnc(-c3ccccc3)nc2C)cc1OC. The molecule has 0 atom stereocenters. The van der Waals surface area contributed by atoms with Gasteiger partial charge in [-0.15, -0.1) is 0 Å². The van der Waals surface area contributed by atoms with Crippen molar-refractivity contribution in [2.45, 2.75) is 6.92 Å². The average Bonchev–Trinajstić information content (AvgIpc) is 2.94. The fourth-order valence-electron chi connectivity index (χ4n) is 3.47. The summed E-state index contributed by atoms with van der Waals surface area (Å²) in [6.45, 7) is 1.73. The molecule has 0 aliphatic rings. The van der Waals surface area contributed by atoms with E-state index in [4.69, 9.17) is 14.2 Å². The minimum Gasteiger partial charge on any atom is -0.493 e. The minimum absolute atomic E-state index is 0.248. The first-order valence-corrected chi connectivity index (χ1v) is 12.1. The van der Waals surface area contributed by atoms with Gasteiger partial charge in [-0.05, 0) is 43.3 Å². The number of nitrogens with one attached hydrogen (secondary N) is 1. The third-order valence-corrected chi connectivity index (χ3v) is 5.91. The standard InChI is InChI=1S/C28H23BrN4O5/c1-17-22(16-30-26(32-17)18-7-5-4-6-8-18)27(34)33-31-15-20-13-21(29)10-12-23(20)38-28(35)19-9-11-24(36-2)25(14-19)37-3/h4-16H,1-3H3,(H,33,34)/b31-15+. The van der Waals surface area contributed by atoms with Crippen molar-refractivity contribution in [2.24, 2.45) is 5.10 Å². The molecule has 0 fully saturated rings. The fraction of sp³-hybridized carbons (Fsp3) is 0.107. The summed E-state index contributed by atoms with van der Waals surface area (Å²) in [6, 6.07) is 19.3. The van der Waals surface area contributed by atoms with E-state index < -0.39 is 11.9 Å². The number of methoxy groups -OCH3 is 2. The first kappa shape index (κ1) is 26.5. The molecule has 1 N–H and O–H groups in total. The highest BCUT2D eigenvalue weighted by Crippen LogP contribution is 2.29. The van der Waals surface area contributed by atoms with Crippen molar-refractivity contribution in [1.29, 1.82) is 0 Å². The van der Waals surface area contributed by atoms with E-state index in [0.717, 1.165) is 10.0 Å². The summed E-state index contributed by atoms with van der Waals surface area (Å²) in [5, 5.41) is 4.04. The molecule has 0 saturated carbocycles. The Kier molecular flexibility index (Phi) is 8.44. The van der Waals surface area contributed by atoms with E-state index in [2.05, 4.69) is 36.4 Å². The summed E-state index contributed by atoms with van der Waals surface area (Å²) < 4.78 is 16.8. The van der Waals surface area contributed by atoms with Crippen molar-refractivity contribution in [3.8, 4) is 28.6 Å². The molecule has 3 aromatic carbocycles. The Balaban J connectivity index is 1.48. The van der Waals surface area contributed by atoms with Gasteiger partial charge in [-0.25, -0.2) is 20.2 Å². The number of hydrogen-bond acceptors (Lipinski definition) is 8. The number of hydrazone groups is 1. The van der Waals surface area contributed by atoms with Crippen LogP contribution in [0.3, 0.4) is 0 Å². The van der Waals surface area contributed by atoms with E-state index in [0.29, 0.717) is 28.6 Å². The highest BCUT2D eigenvalue weighted by atomic mass is 79.9. The lowest BCUT2D eigenvalue weighted by Crippen LogP contribution is -2.20. The van der Waals surface area contributed by atoms with Crippen LogP contribution in [0.2, 0.25) is 0 Å². The second-order valence-corrected chi connectivity index (χ2v) is 8.81. The van der Waals surface area contributed by atoms with Gasteiger partial charge in [0.25, 0.3) is 5.91 Å². The molecule has 0 saturated heterocycles. The first-order chi connectivity index (χ1) is 18.4. The third kappa shape index (κ3) is 6.22. The summed E-state index contributed by atoms with van der Waals surface area (Å²) in [5.74, 6) is 0.594. The number of hydrogen-bond donors (Lipinski definition) is 1. The number of aromatic nitrogens is 2. The number of amides is 1. The van der Waals surface area contributed by atoms with Gasteiger partial charge in [0, 0.05) is 21.8 Å². The number of esters is 1. The number of benzene rings is 3. The van der Waals surface area contributed by atoms with Gasteiger partial charge in [0.2, 0.25) is 0 Å². The molecular formula is C28H23BrN4O5. The molecule has 38 heavy (non-hydrogen) atoms. The lowest BCUT2D eigenvalue weighted by molar-refractivity contribution is 0.0733. The summed E-state index contributed by atoms with van der Waals surface area (Å²) in [5.41, 5.74) is 4.86. The molecule has 4 aromatic rings. The van der Waals surface area contributed by atoms with E-state index >= 15 is 0 Å². The number of carbonyl (C=O) groups is 2. The van der Waals surface area contributed by atoms with Crippen LogP contribution in [0.5, 0.6) is 17.2 Å². The van der Waals surface area contributed by atoms with Crippen molar-refractivity contribution in [3.05, 3.63) is 99.8 Å². The Hall–Kier alpha value is -4.57. The molecule has 4 rings (SSSR count). The third-order valence-electron chi connectivity index (χ3n) is 5.42. The van der Waals surface area contributed by atoms with Crippen LogP contribution in [-0.4, -0.2) is 42.3 Å². The predicted molar refractivity (Wildman–Crippen MR) is 146 cm³/mol. The first-order valence-electron chi connectivity index (χ1n) is 11.4. The van der Waals surface area contributed by atoms with Gasteiger partial charge in [0.1, 0.15) is 5.75 Å². The highest BCUT2D eigenvalue weighted by Gasteiger charge is 2.16. The second kappa shape index (κ2) is 12.1. The van der Waals surface area contributed by atoms with Crippen LogP contribution in [0.4, 0.5) is 0 Å². The van der Waals surface area contributed by atoms with Crippen LogP contribution in [0.15, 0.2) is 82.5 Å². The second-order valence-electron chi connectivity index (χ2n) is 7.90. The van der Waals surface area contributed by atoms with E-state index in [-0.39, 0.29) is 16.9 Å². The summed E-state index contributed by atoms with van der Waals surface area (Å²) in [7, 11) is 2.99. The lowest BCUT2D eigenvalue weighted by Gasteiger charge is -2.11. The Bertz CT molecular complexity index is 1510. The Morgan fingerprint density at radius 3 is 2.39 bits per heavy atom. The summed E-state index contributed by atoms with van der Waals surface area (Å²) in [4.78, 5) is 34.2. The van der Waals surface area contributed by atoms with Gasteiger partial charge in [0.05, 0.1) is 37.3 Å². The van der Waals surface area contributed by atoms with E-state index in [1.165, 1.54) is 32.7 Å². The zero-order valence-corrected chi connectivity index (χ0v) is 22.4. The molecule has 1 aromatic heterocycles. The van der Waals surface area contributed by atoms with Crippen LogP contribution >= 0.6 is 15.9 Å². The van der Waals surface area contributed by atoms with E-state index in [1.54, 1.807) is 37.3 Å². The predicted octanol–water partition coefficient (Wildman–Crippen LogP) is 5.21. The maximum atomic E-state index is 12.8. The van der Waals surface area contributed by atoms with Gasteiger partial charge in [-0.3, -0.25) is 4.79 Å². The van der Waals surface area contributed by atoms with Crippen molar-refractivity contribution in [1.82, 2.24) is 15.4 Å². The summed E-state index contributed by atoms with van der Waals surface area (Å²) in [6.07, 6.45) is 2.85. The normalized spacial score (nSPS) is 10.7. The van der Waals surface area contributed by atoms with Crippen LogP contribution < -0.4 is 19.6 Å². The van der Waals surface area contributed by atoms with E-state index in [1.807, 2.05) is 30.3 Å². The van der Waals surface area contributed by atoms with Crippen LogP contribution in [0.25, 0.3) is 11.4 Å². The van der Waals surface area contributed by atoms with Crippen molar-refractivity contribution >= 4 is 34.0 Å². The molecule has 9 nitrogen and oxygen atoms in total. The molecular weight excluding hydrogens is 552 g/mol. The number of ether oxygens (including phenoxy) is 3. The molecule has 0 aliphatic heterocycles. The largest absolute Gasteiger partial charge is 0.493 e. The smallest absolute Gasteiger partial charge is 0.343 e. The average molecular weight is 575 g/mol. The Morgan fingerprint density at radius 2 is 1.68 bits per heavy atom. The summed E-state index contributed by atoms with van der Waals surface area (Å²) >= 11 is 3.40. The monoisotopic (exact) mass is 574 g/mol. The number of nitrogens with zero attached hydrogens (tertiary/aromatic N) is 3. The molecule has 0 radical (unpaired) electrons. The van der Waals surface area contributed by atoms with E-state index in [9.17, 15) is 9.59 Å². The maximum Gasteiger partial charge on any atom is 0.343 e. The molecule has 0 spiro atoms. The Morgan fingerprint density at radius 1 is 0.947 bits per heavy atom. The minimum atomic E-state index is -0.599. The quantitative estimate of drug-likeness (QED) is 0.133. The van der Waals surface area contributed by atoms with Gasteiger partial charge < -0.3 is 14.2 Å². The van der Waals surface area contributed by atoms with Gasteiger partial charge >= 0.3 is 5.97 Å². The van der Waals surface area contributed by atoms with Gasteiger partial charge in [0.15, 0.2) is 17.3 Å². The molecule has 0 aliphatic carbocycles. The molecule has 10 heteroatoms. The molecule has 192 valence electrons. The highest BCUT2D eigenvalue weighted by molar-refractivity contribution is 9.10. The van der Waals surface area contributed by atoms with Gasteiger partial charge in [-0.2, -0.15) is 5.10 Å². The molecule has 1 amide bonds. The zero-order chi connectivity index (χ0) is 27.1. The molecule has 0 bridgehead atoms. The van der Waals surface area contributed by atoms with Crippen LogP contribution in [-0.2, 0) is 0 Å². The number of halogens is 1. The Labute approximate surface area is 227 Å². The fourth-order valence-corrected chi connectivity index (χ4v) is 3.85. The van der Waals surface area contributed by atoms with Crippen molar-refractivity contribution in [2.75, 3.05) is 14.2 Å². The molecule has 1 heterocycles. The number of rotatable bonds is 8. The van der Waals surface area contributed by atoms with Crippen LogP contribution in [0, 0.1) is 6.92 Å². The zero-order valence-electron chi connectivity index (χ0n) is 20.8. The maximum absolute atomic E-state index is 12.8.